The van der Waals surface area contributed by atoms with Gasteiger partial charge in [-0.1, -0.05) is 23.7 Å². The van der Waals surface area contributed by atoms with Crippen LogP contribution in [0.3, 0.4) is 0 Å². The molecule has 2 N–H and O–H groups in total. The molecule has 0 saturated heterocycles. The SMILES string of the molecule is O=C1COc2ccc(C(=O)/C=C\c3ccc(O)c(Cl)c3)cc2N1. The Labute approximate surface area is 137 Å². The minimum atomic E-state index is -0.253. The number of hydrogen-bond acceptors (Lipinski definition) is 4. The second kappa shape index (κ2) is 6.14. The Morgan fingerprint density at radius 3 is 2.87 bits per heavy atom. The van der Waals surface area contributed by atoms with Crippen molar-refractivity contribution in [2.75, 3.05) is 11.9 Å². The van der Waals surface area contributed by atoms with E-state index in [1.54, 1.807) is 36.4 Å². The Bertz CT molecular complexity index is 829. The number of anilines is 1. The molecule has 0 atom stereocenters. The zero-order valence-electron chi connectivity index (χ0n) is 11.9. The van der Waals surface area contributed by atoms with Crippen molar-refractivity contribution in [3.8, 4) is 11.5 Å². The molecule has 0 saturated carbocycles. The molecule has 1 amide bonds. The topological polar surface area (TPSA) is 75.6 Å². The molecular formula is C17H12ClNO4. The fourth-order valence-electron chi connectivity index (χ4n) is 2.13. The Hall–Kier alpha value is -2.79. The van der Waals surface area contributed by atoms with Crippen LogP contribution in [0, 0.1) is 0 Å². The van der Waals surface area contributed by atoms with Crippen LogP contribution in [0.5, 0.6) is 11.5 Å². The van der Waals surface area contributed by atoms with Crippen molar-refractivity contribution in [2.24, 2.45) is 0 Å². The third-order valence-electron chi connectivity index (χ3n) is 3.30. The molecule has 1 aliphatic rings. The van der Waals surface area contributed by atoms with Crippen molar-refractivity contribution in [2.45, 2.75) is 0 Å². The van der Waals surface area contributed by atoms with Crippen LogP contribution in [-0.4, -0.2) is 23.4 Å². The molecule has 116 valence electrons. The van der Waals surface area contributed by atoms with E-state index < -0.39 is 0 Å². The fourth-order valence-corrected chi connectivity index (χ4v) is 2.32. The van der Waals surface area contributed by atoms with E-state index in [1.165, 1.54) is 12.1 Å². The van der Waals surface area contributed by atoms with E-state index in [0.717, 1.165) is 0 Å². The Balaban J connectivity index is 1.80. The van der Waals surface area contributed by atoms with Crippen LogP contribution >= 0.6 is 11.6 Å². The minimum Gasteiger partial charge on any atom is -0.506 e. The number of carbonyl (C=O) groups is 2. The highest BCUT2D eigenvalue weighted by molar-refractivity contribution is 6.32. The van der Waals surface area contributed by atoms with E-state index in [1.807, 2.05) is 0 Å². The van der Waals surface area contributed by atoms with Gasteiger partial charge in [-0.3, -0.25) is 9.59 Å². The van der Waals surface area contributed by atoms with Crippen molar-refractivity contribution in [3.63, 3.8) is 0 Å². The largest absolute Gasteiger partial charge is 0.506 e. The molecule has 1 heterocycles. The number of allylic oxidation sites excluding steroid dienone is 1. The van der Waals surface area contributed by atoms with Crippen molar-refractivity contribution in [1.82, 2.24) is 0 Å². The summed E-state index contributed by atoms with van der Waals surface area (Å²) in [6.07, 6.45) is 3.00. The maximum atomic E-state index is 12.2. The first-order chi connectivity index (χ1) is 11.0. The molecule has 0 aromatic heterocycles. The van der Waals surface area contributed by atoms with Crippen LogP contribution in [0.25, 0.3) is 6.08 Å². The van der Waals surface area contributed by atoms with Crippen LogP contribution in [0.1, 0.15) is 15.9 Å². The Morgan fingerprint density at radius 2 is 2.09 bits per heavy atom. The maximum absolute atomic E-state index is 12.2. The van der Waals surface area contributed by atoms with Gasteiger partial charge in [0.05, 0.1) is 10.7 Å². The van der Waals surface area contributed by atoms with Gasteiger partial charge in [0.2, 0.25) is 0 Å². The van der Waals surface area contributed by atoms with Crippen molar-refractivity contribution >= 4 is 35.1 Å². The van der Waals surface area contributed by atoms with Gasteiger partial charge < -0.3 is 15.2 Å². The summed E-state index contributed by atoms with van der Waals surface area (Å²) in [6, 6.07) is 9.51. The number of ether oxygens (including phenoxy) is 1. The molecule has 1 aliphatic heterocycles. The van der Waals surface area contributed by atoms with Gasteiger partial charge in [0.25, 0.3) is 5.91 Å². The highest BCUT2D eigenvalue weighted by Crippen LogP contribution is 2.29. The Morgan fingerprint density at radius 1 is 1.26 bits per heavy atom. The van der Waals surface area contributed by atoms with Crippen molar-refractivity contribution < 1.29 is 19.4 Å². The van der Waals surface area contributed by atoms with Crippen LogP contribution in [0.2, 0.25) is 5.02 Å². The van der Waals surface area contributed by atoms with Gasteiger partial charge in [-0.2, -0.15) is 0 Å². The van der Waals surface area contributed by atoms with Gasteiger partial charge in [0.1, 0.15) is 11.5 Å². The second-order valence-electron chi connectivity index (χ2n) is 4.96. The zero-order valence-corrected chi connectivity index (χ0v) is 12.6. The number of ketones is 1. The number of amides is 1. The summed E-state index contributed by atoms with van der Waals surface area (Å²) in [6.45, 7) is -0.0260. The molecule has 2 aromatic carbocycles. The predicted molar refractivity (Wildman–Crippen MR) is 87.0 cm³/mol. The summed E-state index contributed by atoms with van der Waals surface area (Å²) in [4.78, 5) is 23.5. The molecule has 0 aliphatic carbocycles. The van der Waals surface area contributed by atoms with Crippen molar-refractivity contribution in [1.29, 1.82) is 0 Å². The summed E-state index contributed by atoms with van der Waals surface area (Å²) in [5.74, 6) is 0.0456. The highest BCUT2D eigenvalue weighted by atomic mass is 35.5. The van der Waals surface area contributed by atoms with Gasteiger partial charge in [-0.15, -0.1) is 0 Å². The molecule has 0 spiro atoms. The molecule has 6 heteroatoms. The third kappa shape index (κ3) is 3.35. The molecular weight excluding hydrogens is 318 g/mol. The summed E-state index contributed by atoms with van der Waals surface area (Å²) in [5.41, 5.74) is 1.60. The van der Waals surface area contributed by atoms with Crippen molar-refractivity contribution in [3.05, 3.63) is 58.6 Å². The zero-order chi connectivity index (χ0) is 16.4. The van der Waals surface area contributed by atoms with E-state index in [0.29, 0.717) is 22.6 Å². The molecule has 2 aromatic rings. The minimum absolute atomic E-state index is 0.0134. The van der Waals surface area contributed by atoms with Crippen LogP contribution in [0.15, 0.2) is 42.5 Å². The number of carbonyl (C=O) groups excluding carboxylic acids is 2. The lowest BCUT2D eigenvalue weighted by Gasteiger charge is -2.17. The number of nitrogens with one attached hydrogen (secondary N) is 1. The van der Waals surface area contributed by atoms with E-state index >= 15 is 0 Å². The first-order valence-electron chi connectivity index (χ1n) is 6.80. The smallest absolute Gasteiger partial charge is 0.262 e. The molecule has 0 bridgehead atoms. The standard InChI is InChI=1S/C17H12ClNO4/c18-12-7-10(2-5-15(12)21)1-4-14(20)11-3-6-16-13(8-11)19-17(22)9-23-16/h1-8,21H,9H2,(H,19,22)/b4-1-. The van der Waals surface area contributed by atoms with E-state index in [4.69, 9.17) is 16.3 Å². The number of aromatic hydroxyl groups is 1. The first kappa shape index (κ1) is 15.1. The lowest BCUT2D eigenvalue weighted by molar-refractivity contribution is -0.118. The van der Waals surface area contributed by atoms with Gasteiger partial charge in [0, 0.05) is 5.56 Å². The highest BCUT2D eigenvalue weighted by Gasteiger charge is 2.17. The number of phenols is 1. The average molecular weight is 330 g/mol. The van der Waals surface area contributed by atoms with Crippen LogP contribution in [-0.2, 0) is 4.79 Å². The average Bonchev–Trinajstić information content (AvgIpc) is 2.55. The molecule has 0 unspecified atom stereocenters. The molecule has 3 rings (SSSR count). The number of halogens is 1. The maximum Gasteiger partial charge on any atom is 0.262 e. The summed E-state index contributed by atoms with van der Waals surface area (Å²) in [5, 5.41) is 12.2. The Kier molecular flexibility index (Phi) is 4.04. The van der Waals surface area contributed by atoms with Gasteiger partial charge in [-0.25, -0.2) is 0 Å². The number of fused-ring (bicyclic) bond motifs is 1. The van der Waals surface area contributed by atoms with E-state index in [2.05, 4.69) is 5.32 Å². The quantitative estimate of drug-likeness (QED) is 0.669. The molecule has 23 heavy (non-hydrogen) atoms. The first-order valence-corrected chi connectivity index (χ1v) is 7.18. The third-order valence-corrected chi connectivity index (χ3v) is 3.60. The second-order valence-corrected chi connectivity index (χ2v) is 5.36. The van der Waals surface area contributed by atoms with E-state index in [9.17, 15) is 14.7 Å². The van der Waals surface area contributed by atoms with Gasteiger partial charge in [-0.05, 0) is 42.0 Å². The molecule has 0 fully saturated rings. The molecule has 5 nitrogen and oxygen atoms in total. The molecule has 0 radical (unpaired) electrons. The van der Waals surface area contributed by atoms with Gasteiger partial charge in [0.15, 0.2) is 12.4 Å². The number of hydrogen-bond donors (Lipinski definition) is 2. The summed E-state index contributed by atoms with van der Waals surface area (Å²) in [7, 11) is 0. The predicted octanol–water partition coefficient (Wildman–Crippen LogP) is 3.27. The number of rotatable bonds is 3. The summed E-state index contributed by atoms with van der Waals surface area (Å²) < 4.78 is 5.24. The van der Waals surface area contributed by atoms with Gasteiger partial charge >= 0.3 is 0 Å². The summed E-state index contributed by atoms with van der Waals surface area (Å²) >= 11 is 5.82. The van der Waals surface area contributed by atoms with E-state index in [-0.39, 0.29) is 29.1 Å². The fraction of sp³-hybridized carbons (Fsp3) is 0.0588. The van der Waals surface area contributed by atoms with Crippen LogP contribution < -0.4 is 10.1 Å². The lowest BCUT2D eigenvalue weighted by Crippen LogP contribution is -2.25. The monoisotopic (exact) mass is 329 g/mol. The number of phenolic OH excluding ortho intramolecular Hbond substituents is 1. The number of benzene rings is 2. The van der Waals surface area contributed by atoms with Crippen LogP contribution in [0.4, 0.5) is 5.69 Å². The normalized spacial score (nSPS) is 13.3. The lowest BCUT2D eigenvalue weighted by atomic mass is 10.1.